The van der Waals surface area contributed by atoms with Gasteiger partial charge in [-0.1, -0.05) is 61.0 Å². The second-order valence-electron chi connectivity index (χ2n) is 13.6. The molecule has 0 saturated heterocycles. The molecule has 0 radical (unpaired) electrons. The molecule has 0 aliphatic carbocycles. The van der Waals surface area contributed by atoms with E-state index in [0.717, 1.165) is 5.56 Å². The van der Waals surface area contributed by atoms with Crippen LogP contribution in [0.2, 0.25) is 0 Å². The minimum atomic E-state index is -1.59. The van der Waals surface area contributed by atoms with Gasteiger partial charge < -0.3 is 51.6 Å². The van der Waals surface area contributed by atoms with Crippen molar-refractivity contribution in [1.29, 1.82) is 0 Å². The van der Waals surface area contributed by atoms with Gasteiger partial charge in [-0.15, -0.1) is 0 Å². The fourth-order valence-corrected chi connectivity index (χ4v) is 6.43. The Labute approximate surface area is 308 Å². The highest BCUT2D eigenvalue weighted by molar-refractivity contribution is 9.10. The van der Waals surface area contributed by atoms with Crippen LogP contribution in [0.1, 0.15) is 67.2 Å². The summed E-state index contributed by atoms with van der Waals surface area (Å²) in [5.41, 5.74) is 2.75. The smallest absolute Gasteiger partial charge is 0.323 e. The molecule has 1 aliphatic heterocycles. The van der Waals surface area contributed by atoms with Crippen molar-refractivity contribution >= 4 is 50.4 Å². The van der Waals surface area contributed by atoms with Crippen molar-refractivity contribution < 1.29 is 40.2 Å². The van der Waals surface area contributed by atoms with Gasteiger partial charge in [-0.05, 0) is 46.9 Å². The zero-order valence-corrected chi connectivity index (χ0v) is 30.4. The number of aromatic amines is 1. The van der Waals surface area contributed by atoms with E-state index in [1.807, 2.05) is 26.8 Å². The van der Waals surface area contributed by atoms with Crippen molar-refractivity contribution in [2.24, 2.45) is 4.99 Å². The van der Waals surface area contributed by atoms with E-state index in [-0.39, 0.29) is 29.0 Å². The van der Waals surface area contributed by atoms with Gasteiger partial charge in [0.25, 0.3) is 0 Å². The summed E-state index contributed by atoms with van der Waals surface area (Å²) in [6.07, 6.45) is -3.62. The van der Waals surface area contributed by atoms with E-state index >= 15 is 0 Å². The van der Waals surface area contributed by atoms with Crippen molar-refractivity contribution in [2.45, 2.75) is 63.4 Å². The van der Waals surface area contributed by atoms with Gasteiger partial charge in [0.2, 0.25) is 5.91 Å². The van der Waals surface area contributed by atoms with E-state index < -0.39 is 55.7 Å². The lowest BCUT2D eigenvalue weighted by atomic mass is 9.84. The van der Waals surface area contributed by atoms with Crippen LogP contribution in [0, 0.1) is 0 Å². The standard InChI is InChI=1S/C36H44BrN7O8/c1-36(2,3)20-8-18(9-21(37)12-20)29(31(34(51)52)44-33(50)30-26(17-45)25-6-4-5-7-27(25)42-30)43-28(48)16-38-32(49)19-10-22(13-23(46)11-19)41-35-39-14-24(47)15-40-35/h4-13,24,29,31-33,38,42,44-47,49-50H,14-17H2,1-3H3,(H,43,48)(H,51,52)(H2,39,40,41)/t29?,31-,32?,33?/m0/s1. The minimum absolute atomic E-state index is 0.167. The average molecular weight is 783 g/mol. The molecule has 0 spiro atoms. The molecule has 5 rings (SSSR count). The second kappa shape index (κ2) is 16.4. The van der Waals surface area contributed by atoms with Crippen molar-refractivity contribution in [3.8, 4) is 5.75 Å². The number of β-amino-alcohol motifs (C(OH)–C–C–N with tert-alkyl or cyclic N) is 1. The second-order valence-corrected chi connectivity index (χ2v) is 14.5. The van der Waals surface area contributed by atoms with Gasteiger partial charge in [0.1, 0.15) is 24.2 Å². The number of carbonyl (C=O) groups excluding carboxylic acids is 1. The predicted octanol–water partition coefficient (Wildman–Crippen LogP) is 2.33. The summed E-state index contributed by atoms with van der Waals surface area (Å²) >= 11 is 3.52. The maximum atomic E-state index is 13.5. The number of hydrogen-bond acceptors (Lipinski definition) is 12. The van der Waals surface area contributed by atoms with Gasteiger partial charge in [0.15, 0.2) is 5.96 Å². The lowest BCUT2D eigenvalue weighted by Gasteiger charge is -2.30. The van der Waals surface area contributed by atoms with Gasteiger partial charge >= 0.3 is 5.97 Å². The lowest BCUT2D eigenvalue weighted by molar-refractivity contribution is -0.142. The highest BCUT2D eigenvalue weighted by Crippen LogP contribution is 2.32. The predicted molar refractivity (Wildman–Crippen MR) is 198 cm³/mol. The van der Waals surface area contributed by atoms with Crippen LogP contribution in [0.3, 0.4) is 0 Å². The number of anilines is 1. The molecule has 3 aromatic carbocycles. The number of H-pyrrole nitrogens is 1. The topological polar surface area (TPSA) is 244 Å². The van der Waals surface area contributed by atoms with E-state index in [1.165, 1.54) is 12.1 Å². The third-order valence-corrected chi connectivity index (χ3v) is 9.07. The summed E-state index contributed by atoms with van der Waals surface area (Å²) in [5.74, 6) is -1.84. The molecule has 5 atom stereocenters. The largest absolute Gasteiger partial charge is 0.508 e. The zero-order valence-electron chi connectivity index (χ0n) is 28.8. The number of aromatic hydroxyl groups is 1. The first kappa shape index (κ1) is 38.7. The Balaban J connectivity index is 1.38. The molecule has 278 valence electrons. The van der Waals surface area contributed by atoms with Crippen molar-refractivity contribution in [1.82, 2.24) is 26.3 Å². The molecule has 0 fully saturated rings. The average Bonchev–Trinajstić information content (AvgIpc) is 3.47. The summed E-state index contributed by atoms with van der Waals surface area (Å²) in [6, 6.07) is 13.9. The fourth-order valence-electron chi connectivity index (χ4n) is 5.92. The van der Waals surface area contributed by atoms with E-state index in [2.05, 4.69) is 52.5 Å². The molecule has 1 amide bonds. The van der Waals surface area contributed by atoms with E-state index in [0.29, 0.717) is 44.7 Å². The number of carboxylic acid groups (broad SMARTS) is 1. The number of aliphatic imine (C=N–C) groups is 1. The van der Waals surface area contributed by atoms with Gasteiger partial charge in [-0.2, -0.15) is 0 Å². The van der Waals surface area contributed by atoms with Crippen LogP contribution in [0.15, 0.2) is 70.1 Å². The molecular weight excluding hydrogens is 738 g/mol. The number of para-hydroxylation sites is 1. The molecular formula is C36H44BrN7O8. The van der Waals surface area contributed by atoms with Gasteiger partial charge in [-0.25, -0.2) is 0 Å². The number of rotatable bonds is 13. The number of fused-ring (bicyclic) bond motifs is 1. The van der Waals surface area contributed by atoms with Crippen molar-refractivity contribution in [3.05, 3.63) is 93.1 Å². The van der Waals surface area contributed by atoms with Crippen LogP contribution in [-0.4, -0.2) is 85.2 Å². The Kier molecular flexibility index (Phi) is 12.2. The molecule has 4 aromatic rings. The summed E-state index contributed by atoms with van der Waals surface area (Å²) < 4.78 is 0.643. The Morgan fingerprint density at radius 3 is 2.46 bits per heavy atom. The first-order valence-corrected chi connectivity index (χ1v) is 17.4. The molecule has 0 bridgehead atoms. The molecule has 0 saturated carbocycles. The number of aliphatic carboxylic acids is 1. The molecule has 4 unspecified atom stereocenters. The number of amides is 1. The van der Waals surface area contributed by atoms with Crippen LogP contribution in [0.5, 0.6) is 5.75 Å². The number of phenols is 1. The Morgan fingerprint density at radius 1 is 1.04 bits per heavy atom. The summed E-state index contributed by atoms with van der Waals surface area (Å²) in [7, 11) is 0. The first-order chi connectivity index (χ1) is 24.6. The first-order valence-electron chi connectivity index (χ1n) is 16.6. The number of halogens is 1. The normalized spacial score (nSPS) is 17.1. The fraction of sp³-hybridized carbons (Fsp3) is 0.361. The number of nitrogens with one attached hydrogen (secondary N) is 6. The van der Waals surface area contributed by atoms with Crippen molar-refractivity contribution in [3.63, 3.8) is 0 Å². The molecule has 12 N–H and O–H groups in total. The van der Waals surface area contributed by atoms with Crippen LogP contribution < -0.4 is 26.6 Å². The number of phenolic OH excluding ortho intramolecular Hbond substituents is 1. The lowest BCUT2D eigenvalue weighted by Crippen LogP contribution is -2.51. The van der Waals surface area contributed by atoms with Crippen LogP contribution >= 0.6 is 15.9 Å². The van der Waals surface area contributed by atoms with E-state index in [4.69, 9.17) is 0 Å². The molecule has 1 aliphatic rings. The summed E-state index contributed by atoms with van der Waals surface area (Å²) in [4.78, 5) is 33.7. The third kappa shape index (κ3) is 9.46. The summed E-state index contributed by atoms with van der Waals surface area (Å²) in [5, 5.41) is 77.7. The van der Waals surface area contributed by atoms with Crippen LogP contribution in [-0.2, 0) is 21.6 Å². The maximum absolute atomic E-state index is 13.5. The number of aromatic nitrogens is 1. The van der Waals surface area contributed by atoms with Crippen LogP contribution in [0.25, 0.3) is 10.9 Å². The highest BCUT2D eigenvalue weighted by atomic mass is 79.9. The maximum Gasteiger partial charge on any atom is 0.323 e. The van der Waals surface area contributed by atoms with Gasteiger partial charge in [0.05, 0.1) is 37.5 Å². The number of aliphatic hydroxyl groups is 4. The quantitative estimate of drug-likeness (QED) is 0.0875. The number of benzene rings is 3. The number of nitrogens with zero attached hydrogens (tertiary/aromatic N) is 1. The highest BCUT2D eigenvalue weighted by Gasteiger charge is 2.35. The Morgan fingerprint density at radius 2 is 1.79 bits per heavy atom. The Bertz CT molecular complexity index is 1950. The van der Waals surface area contributed by atoms with Gasteiger partial charge in [-0.3, -0.25) is 25.2 Å². The monoisotopic (exact) mass is 781 g/mol. The van der Waals surface area contributed by atoms with Crippen molar-refractivity contribution in [2.75, 3.05) is 25.0 Å². The van der Waals surface area contributed by atoms with Crippen LogP contribution in [0.4, 0.5) is 5.69 Å². The number of carbonyl (C=O) groups is 2. The molecule has 15 nitrogen and oxygen atoms in total. The van der Waals surface area contributed by atoms with E-state index in [1.54, 1.807) is 42.5 Å². The minimum Gasteiger partial charge on any atom is -0.508 e. The van der Waals surface area contributed by atoms with E-state index in [9.17, 15) is 40.2 Å². The van der Waals surface area contributed by atoms with Gasteiger partial charge in [0, 0.05) is 44.8 Å². The molecule has 52 heavy (non-hydrogen) atoms. The summed E-state index contributed by atoms with van der Waals surface area (Å²) in [6.45, 7) is 5.58. The Hall–Kier alpha value is -4.55. The third-order valence-electron chi connectivity index (χ3n) is 8.62. The molecule has 16 heteroatoms. The number of carboxylic acids is 1. The molecule has 1 aromatic heterocycles. The SMILES string of the molecule is CC(C)(C)c1cc(Br)cc(C(NC(=O)CNC(O)c2cc(O)cc(NC3=NCC(O)CN3)c2)[C@H](NC(O)c2[nH]c3ccccc3c2CO)C(=O)O)c1. The number of hydrogen-bond donors (Lipinski definition) is 12. The zero-order chi connectivity index (χ0) is 37.7. The molecule has 2 heterocycles. The number of aliphatic hydroxyl groups excluding tert-OH is 4. The number of guanidine groups is 1.